The van der Waals surface area contributed by atoms with Gasteiger partial charge in [-0.2, -0.15) is 0 Å². The van der Waals surface area contributed by atoms with E-state index >= 15 is 0 Å². The SMILES string of the molecule is COCCOC1C(N)CC1Oc1c(Br)cccc1OC. The Kier molecular flexibility index (Phi) is 5.65. The number of halogens is 1. The van der Waals surface area contributed by atoms with Crippen LogP contribution in [0.5, 0.6) is 11.5 Å². The summed E-state index contributed by atoms with van der Waals surface area (Å²) in [7, 11) is 3.26. The van der Waals surface area contributed by atoms with Gasteiger partial charge in [-0.15, -0.1) is 0 Å². The van der Waals surface area contributed by atoms with E-state index < -0.39 is 0 Å². The molecule has 0 heterocycles. The third kappa shape index (κ3) is 3.44. The van der Waals surface area contributed by atoms with Gasteiger partial charge in [0.25, 0.3) is 0 Å². The molecule has 1 fully saturated rings. The molecule has 2 rings (SSSR count). The standard InChI is InChI=1S/C14H20BrNO4/c1-17-6-7-19-14-10(16)8-12(14)20-13-9(15)4-3-5-11(13)18-2/h3-5,10,12,14H,6-8,16H2,1-2H3. The topological polar surface area (TPSA) is 62.9 Å². The van der Waals surface area contributed by atoms with Gasteiger partial charge < -0.3 is 24.7 Å². The second-order valence-electron chi connectivity index (χ2n) is 4.66. The Hall–Kier alpha value is -0.820. The zero-order chi connectivity index (χ0) is 14.5. The minimum absolute atomic E-state index is 0.00494. The number of methoxy groups -OCH3 is 2. The van der Waals surface area contributed by atoms with E-state index in [1.165, 1.54) is 0 Å². The minimum Gasteiger partial charge on any atom is -0.493 e. The quantitative estimate of drug-likeness (QED) is 0.765. The van der Waals surface area contributed by atoms with Gasteiger partial charge in [0.05, 0.1) is 24.8 Å². The van der Waals surface area contributed by atoms with Crippen molar-refractivity contribution in [3.8, 4) is 11.5 Å². The molecule has 5 nitrogen and oxygen atoms in total. The van der Waals surface area contributed by atoms with E-state index in [0.29, 0.717) is 24.7 Å². The average Bonchev–Trinajstić information content (AvgIpc) is 2.44. The molecule has 0 saturated heterocycles. The van der Waals surface area contributed by atoms with Gasteiger partial charge >= 0.3 is 0 Å². The van der Waals surface area contributed by atoms with Gasteiger partial charge in [-0.3, -0.25) is 0 Å². The lowest BCUT2D eigenvalue weighted by Gasteiger charge is -2.42. The van der Waals surface area contributed by atoms with Crippen LogP contribution in [-0.4, -0.2) is 45.7 Å². The summed E-state index contributed by atoms with van der Waals surface area (Å²) in [5.74, 6) is 1.38. The summed E-state index contributed by atoms with van der Waals surface area (Å²) in [6.45, 7) is 1.07. The van der Waals surface area contributed by atoms with Gasteiger partial charge in [0.15, 0.2) is 11.5 Å². The van der Waals surface area contributed by atoms with Gasteiger partial charge in [-0.05, 0) is 28.1 Å². The Bertz CT molecular complexity index is 443. The molecular weight excluding hydrogens is 326 g/mol. The van der Waals surface area contributed by atoms with Crippen LogP contribution in [0.1, 0.15) is 6.42 Å². The van der Waals surface area contributed by atoms with E-state index in [0.717, 1.165) is 10.9 Å². The Morgan fingerprint density at radius 1 is 1.30 bits per heavy atom. The van der Waals surface area contributed by atoms with Gasteiger partial charge in [0.2, 0.25) is 0 Å². The number of hydrogen-bond donors (Lipinski definition) is 1. The largest absolute Gasteiger partial charge is 0.493 e. The number of rotatable bonds is 7. The smallest absolute Gasteiger partial charge is 0.175 e. The van der Waals surface area contributed by atoms with Crippen molar-refractivity contribution in [1.29, 1.82) is 0 Å². The normalized spacial score (nSPS) is 25.1. The van der Waals surface area contributed by atoms with Gasteiger partial charge in [0.1, 0.15) is 12.2 Å². The molecule has 1 aromatic rings. The monoisotopic (exact) mass is 345 g/mol. The van der Waals surface area contributed by atoms with Crippen LogP contribution in [0.4, 0.5) is 0 Å². The van der Waals surface area contributed by atoms with Crippen LogP contribution in [0, 0.1) is 0 Å². The summed E-state index contributed by atoms with van der Waals surface area (Å²) in [5, 5.41) is 0. The maximum Gasteiger partial charge on any atom is 0.175 e. The first-order chi connectivity index (χ1) is 9.67. The number of para-hydroxylation sites is 1. The molecule has 1 aliphatic rings. The third-order valence-electron chi connectivity index (χ3n) is 3.31. The van der Waals surface area contributed by atoms with Crippen LogP contribution in [0.3, 0.4) is 0 Å². The molecule has 0 bridgehead atoms. The molecule has 0 aromatic heterocycles. The molecule has 1 saturated carbocycles. The molecule has 0 aliphatic heterocycles. The lowest BCUT2D eigenvalue weighted by atomic mass is 9.86. The van der Waals surface area contributed by atoms with Gasteiger partial charge in [-0.1, -0.05) is 6.07 Å². The third-order valence-corrected chi connectivity index (χ3v) is 3.94. The molecule has 20 heavy (non-hydrogen) atoms. The number of hydrogen-bond acceptors (Lipinski definition) is 5. The van der Waals surface area contributed by atoms with Crippen LogP contribution in [0.15, 0.2) is 22.7 Å². The first-order valence-electron chi connectivity index (χ1n) is 6.52. The molecule has 1 aliphatic carbocycles. The summed E-state index contributed by atoms with van der Waals surface area (Å²) in [5.41, 5.74) is 5.97. The molecule has 1 aromatic carbocycles. The first kappa shape index (κ1) is 15.6. The molecule has 0 spiro atoms. The molecule has 0 amide bonds. The summed E-state index contributed by atoms with van der Waals surface area (Å²) in [4.78, 5) is 0. The van der Waals surface area contributed by atoms with Crippen molar-refractivity contribution in [2.75, 3.05) is 27.4 Å². The zero-order valence-electron chi connectivity index (χ0n) is 11.7. The number of ether oxygens (including phenoxy) is 4. The number of benzene rings is 1. The highest BCUT2D eigenvalue weighted by Gasteiger charge is 2.42. The Morgan fingerprint density at radius 3 is 2.75 bits per heavy atom. The minimum atomic E-state index is -0.109. The van der Waals surface area contributed by atoms with E-state index in [4.69, 9.17) is 24.7 Å². The van der Waals surface area contributed by atoms with Crippen molar-refractivity contribution >= 4 is 15.9 Å². The lowest BCUT2D eigenvalue weighted by Crippen LogP contribution is -2.59. The lowest BCUT2D eigenvalue weighted by molar-refractivity contribution is -0.107. The van der Waals surface area contributed by atoms with Crippen LogP contribution in [-0.2, 0) is 9.47 Å². The Morgan fingerprint density at radius 2 is 2.10 bits per heavy atom. The first-order valence-corrected chi connectivity index (χ1v) is 7.32. The second-order valence-corrected chi connectivity index (χ2v) is 5.51. The summed E-state index contributed by atoms with van der Waals surface area (Å²) >= 11 is 3.47. The summed E-state index contributed by atoms with van der Waals surface area (Å²) in [6.07, 6.45) is 0.596. The van der Waals surface area contributed by atoms with Gasteiger partial charge in [-0.25, -0.2) is 0 Å². The Balaban J connectivity index is 1.99. The fourth-order valence-electron chi connectivity index (χ4n) is 2.15. The maximum absolute atomic E-state index is 6.00. The van der Waals surface area contributed by atoms with E-state index in [-0.39, 0.29) is 18.2 Å². The molecule has 112 valence electrons. The van der Waals surface area contributed by atoms with Crippen molar-refractivity contribution in [3.63, 3.8) is 0 Å². The van der Waals surface area contributed by atoms with Crippen molar-refractivity contribution in [2.24, 2.45) is 5.73 Å². The van der Waals surface area contributed by atoms with E-state index in [1.54, 1.807) is 14.2 Å². The highest BCUT2D eigenvalue weighted by atomic mass is 79.9. The highest BCUT2D eigenvalue weighted by Crippen LogP contribution is 2.38. The second kappa shape index (κ2) is 7.26. The van der Waals surface area contributed by atoms with Gasteiger partial charge in [0, 0.05) is 19.6 Å². The Labute approximate surface area is 127 Å². The molecule has 6 heteroatoms. The van der Waals surface area contributed by atoms with Crippen LogP contribution < -0.4 is 15.2 Å². The van der Waals surface area contributed by atoms with Crippen LogP contribution >= 0.6 is 15.9 Å². The predicted molar refractivity (Wildman–Crippen MR) is 79.3 cm³/mol. The van der Waals surface area contributed by atoms with Crippen molar-refractivity contribution < 1.29 is 18.9 Å². The fraction of sp³-hybridized carbons (Fsp3) is 0.571. The van der Waals surface area contributed by atoms with Crippen LogP contribution in [0.25, 0.3) is 0 Å². The predicted octanol–water partition coefficient (Wildman–Crippen LogP) is 1.97. The van der Waals surface area contributed by atoms with Crippen molar-refractivity contribution in [1.82, 2.24) is 0 Å². The van der Waals surface area contributed by atoms with E-state index in [9.17, 15) is 0 Å². The molecule has 3 unspecified atom stereocenters. The van der Waals surface area contributed by atoms with Crippen molar-refractivity contribution in [2.45, 2.75) is 24.7 Å². The molecular formula is C14H20BrNO4. The maximum atomic E-state index is 6.00. The summed E-state index contributed by atoms with van der Waals surface area (Å²) < 4.78 is 22.8. The van der Waals surface area contributed by atoms with Crippen molar-refractivity contribution in [3.05, 3.63) is 22.7 Å². The zero-order valence-corrected chi connectivity index (χ0v) is 13.3. The molecule has 2 N–H and O–H groups in total. The highest BCUT2D eigenvalue weighted by molar-refractivity contribution is 9.10. The number of nitrogens with two attached hydrogens (primary N) is 1. The molecule has 3 atom stereocenters. The summed E-state index contributed by atoms with van der Waals surface area (Å²) in [6, 6.07) is 5.68. The van der Waals surface area contributed by atoms with E-state index in [2.05, 4.69) is 15.9 Å². The molecule has 0 radical (unpaired) electrons. The van der Waals surface area contributed by atoms with Crippen LogP contribution in [0.2, 0.25) is 0 Å². The van der Waals surface area contributed by atoms with E-state index in [1.807, 2.05) is 18.2 Å². The average molecular weight is 346 g/mol. The fourth-order valence-corrected chi connectivity index (χ4v) is 2.59.